The van der Waals surface area contributed by atoms with Gasteiger partial charge in [-0.2, -0.15) is 0 Å². The van der Waals surface area contributed by atoms with Crippen molar-refractivity contribution in [2.45, 2.75) is 19.8 Å². The fourth-order valence-electron chi connectivity index (χ4n) is 0.715. The highest BCUT2D eigenvalue weighted by Crippen LogP contribution is 1.90. The quantitative estimate of drug-likeness (QED) is 0.480. The number of rotatable bonds is 6. The SMILES string of the molecule is C=C(C)CNC(=O)CCCOC. The Morgan fingerprint density at radius 3 is 2.75 bits per heavy atom. The normalized spacial score (nSPS) is 9.50. The molecule has 0 fully saturated rings. The number of amides is 1. The van der Waals surface area contributed by atoms with Crippen molar-refractivity contribution < 1.29 is 9.53 Å². The Hall–Kier alpha value is -0.830. The van der Waals surface area contributed by atoms with E-state index in [0.29, 0.717) is 19.6 Å². The molecule has 1 amide bonds. The third kappa shape index (κ3) is 7.28. The van der Waals surface area contributed by atoms with Gasteiger partial charge in [-0.25, -0.2) is 0 Å². The molecule has 0 aromatic carbocycles. The standard InChI is InChI=1S/C9H17NO2/c1-8(2)7-10-9(11)5-4-6-12-3/h1,4-7H2,2-3H3,(H,10,11). The van der Waals surface area contributed by atoms with Gasteiger partial charge in [0.25, 0.3) is 0 Å². The van der Waals surface area contributed by atoms with E-state index in [4.69, 9.17) is 4.74 Å². The van der Waals surface area contributed by atoms with Crippen molar-refractivity contribution in [2.24, 2.45) is 0 Å². The van der Waals surface area contributed by atoms with Gasteiger partial charge < -0.3 is 10.1 Å². The van der Waals surface area contributed by atoms with E-state index in [1.54, 1.807) is 7.11 Å². The molecule has 0 unspecified atom stereocenters. The van der Waals surface area contributed by atoms with Crippen molar-refractivity contribution in [1.82, 2.24) is 5.32 Å². The van der Waals surface area contributed by atoms with Gasteiger partial charge in [-0.05, 0) is 13.3 Å². The minimum absolute atomic E-state index is 0.0649. The van der Waals surface area contributed by atoms with E-state index in [1.165, 1.54) is 0 Å². The van der Waals surface area contributed by atoms with Gasteiger partial charge in [-0.15, -0.1) is 0 Å². The zero-order valence-corrected chi connectivity index (χ0v) is 7.85. The van der Waals surface area contributed by atoms with E-state index in [1.807, 2.05) is 6.92 Å². The van der Waals surface area contributed by atoms with Crippen LogP contribution in [0, 0.1) is 0 Å². The molecule has 0 heterocycles. The molecule has 0 saturated heterocycles. The maximum Gasteiger partial charge on any atom is 0.220 e. The first kappa shape index (κ1) is 11.2. The molecule has 0 radical (unpaired) electrons. The van der Waals surface area contributed by atoms with Crippen molar-refractivity contribution in [3.8, 4) is 0 Å². The third-order valence-electron chi connectivity index (χ3n) is 1.34. The largest absolute Gasteiger partial charge is 0.385 e. The maximum absolute atomic E-state index is 11.0. The molecular weight excluding hydrogens is 154 g/mol. The van der Waals surface area contributed by atoms with Gasteiger partial charge in [0.05, 0.1) is 0 Å². The van der Waals surface area contributed by atoms with Gasteiger partial charge in [0.2, 0.25) is 5.91 Å². The van der Waals surface area contributed by atoms with Crippen LogP contribution in [0.4, 0.5) is 0 Å². The Kier molecular flexibility index (Phi) is 6.38. The molecular formula is C9H17NO2. The van der Waals surface area contributed by atoms with Gasteiger partial charge in [0.15, 0.2) is 0 Å². The summed E-state index contributed by atoms with van der Waals surface area (Å²) in [5.41, 5.74) is 0.968. The molecule has 0 aliphatic rings. The van der Waals surface area contributed by atoms with E-state index >= 15 is 0 Å². The van der Waals surface area contributed by atoms with Crippen molar-refractivity contribution in [3.05, 3.63) is 12.2 Å². The van der Waals surface area contributed by atoms with E-state index in [-0.39, 0.29) is 5.91 Å². The lowest BCUT2D eigenvalue weighted by Gasteiger charge is -2.03. The second-order valence-corrected chi connectivity index (χ2v) is 2.83. The zero-order chi connectivity index (χ0) is 9.40. The monoisotopic (exact) mass is 171 g/mol. The van der Waals surface area contributed by atoms with Crippen molar-refractivity contribution >= 4 is 5.91 Å². The highest BCUT2D eigenvalue weighted by atomic mass is 16.5. The van der Waals surface area contributed by atoms with Gasteiger partial charge in [-0.3, -0.25) is 4.79 Å². The molecule has 0 aromatic heterocycles. The van der Waals surface area contributed by atoms with E-state index in [0.717, 1.165) is 12.0 Å². The van der Waals surface area contributed by atoms with Crippen molar-refractivity contribution in [3.63, 3.8) is 0 Å². The summed E-state index contributed by atoms with van der Waals surface area (Å²) in [5.74, 6) is 0.0649. The van der Waals surface area contributed by atoms with Crippen LogP contribution in [0.2, 0.25) is 0 Å². The second-order valence-electron chi connectivity index (χ2n) is 2.83. The Labute approximate surface area is 73.8 Å². The summed E-state index contributed by atoms with van der Waals surface area (Å²) in [7, 11) is 1.63. The molecule has 0 aromatic rings. The van der Waals surface area contributed by atoms with Crippen LogP contribution in [0.3, 0.4) is 0 Å². The summed E-state index contributed by atoms with van der Waals surface area (Å²) < 4.78 is 4.82. The van der Waals surface area contributed by atoms with Crippen LogP contribution >= 0.6 is 0 Å². The Bertz CT molecular complexity index is 155. The molecule has 0 aliphatic heterocycles. The van der Waals surface area contributed by atoms with Crippen molar-refractivity contribution in [2.75, 3.05) is 20.3 Å². The fourth-order valence-corrected chi connectivity index (χ4v) is 0.715. The van der Waals surface area contributed by atoms with Crippen LogP contribution in [-0.2, 0) is 9.53 Å². The summed E-state index contributed by atoms with van der Waals surface area (Å²) in [6, 6.07) is 0. The first-order valence-electron chi connectivity index (χ1n) is 4.07. The van der Waals surface area contributed by atoms with Gasteiger partial charge in [-0.1, -0.05) is 12.2 Å². The molecule has 70 valence electrons. The molecule has 0 rings (SSSR count). The highest BCUT2D eigenvalue weighted by Gasteiger charge is 1.98. The topological polar surface area (TPSA) is 38.3 Å². The number of methoxy groups -OCH3 is 1. The smallest absolute Gasteiger partial charge is 0.220 e. The lowest BCUT2D eigenvalue weighted by atomic mass is 10.3. The number of nitrogens with one attached hydrogen (secondary N) is 1. The summed E-state index contributed by atoms with van der Waals surface area (Å²) in [6.07, 6.45) is 1.31. The van der Waals surface area contributed by atoms with E-state index in [9.17, 15) is 4.79 Å². The van der Waals surface area contributed by atoms with Gasteiger partial charge in [0.1, 0.15) is 0 Å². The summed E-state index contributed by atoms with van der Waals surface area (Å²) in [5, 5.41) is 2.75. The van der Waals surface area contributed by atoms with Crippen LogP contribution in [0.5, 0.6) is 0 Å². The van der Waals surface area contributed by atoms with Crippen molar-refractivity contribution in [1.29, 1.82) is 0 Å². The molecule has 0 atom stereocenters. The van der Waals surface area contributed by atoms with Crippen LogP contribution in [0.15, 0.2) is 12.2 Å². The minimum Gasteiger partial charge on any atom is -0.385 e. The van der Waals surface area contributed by atoms with Crippen LogP contribution in [0.25, 0.3) is 0 Å². The van der Waals surface area contributed by atoms with Crippen LogP contribution in [-0.4, -0.2) is 26.2 Å². The number of ether oxygens (including phenoxy) is 1. The molecule has 0 saturated carbocycles. The molecule has 3 heteroatoms. The lowest BCUT2D eigenvalue weighted by Crippen LogP contribution is -2.24. The lowest BCUT2D eigenvalue weighted by molar-refractivity contribution is -0.121. The second kappa shape index (κ2) is 6.85. The fraction of sp³-hybridized carbons (Fsp3) is 0.667. The predicted molar refractivity (Wildman–Crippen MR) is 48.9 cm³/mol. The Balaban J connectivity index is 3.28. The first-order chi connectivity index (χ1) is 5.66. The molecule has 0 bridgehead atoms. The molecule has 12 heavy (non-hydrogen) atoms. The minimum atomic E-state index is 0.0649. The average molecular weight is 171 g/mol. The summed E-state index contributed by atoms with van der Waals surface area (Å²) in [4.78, 5) is 11.0. The highest BCUT2D eigenvalue weighted by molar-refractivity contribution is 5.76. The molecule has 0 aliphatic carbocycles. The summed E-state index contributed by atoms with van der Waals surface area (Å²) >= 11 is 0. The number of hydrogen-bond acceptors (Lipinski definition) is 2. The predicted octanol–water partition coefficient (Wildman–Crippen LogP) is 1.11. The van der Waals surface area contributed by atoms with Gasteiger partial charge >= 0.3 is 0 Å². The number of carbonyl (C=O) groups is 1. The number of hydrogen-bond donors (Lipinski definition) is 1. The van der Waals surface area contributed by atoms with Crippen LogP contribution in [0.1, 0.15) is 19.8 Å². The molecule has 0 spiro atoms. The third-order valence-corrected chi connectivity index (χ3v) is 1.34. The first-order valence-corrected chi connectivity index (χ1v) is 4.07. The van der Waals surface area contributed by atoms with Crippen LogP contribution < -0.4 is 5.32 Å². The number of carbonyl (C=O) groups excluding carboxylic acids is 1. The maximum atomic E-state index is 11.0. The zero-order valence-electron chi connectivity index (χ0n) is 7.85. The average Bonchev–Trinajstić information content (AvgIpc) is 2.01. The summed E-state index contributed by atoms with van der Waals surface area (Å²) in [6.45, 7) is 6.78. The van der Waals surface area contributed by atoms with E-state index in [2.05, 4.69) is 11.9 Å². The Morgan fingerprint density at radius 2 is 2.25 bits per heavy atom. The molecule has 3 nitrogen and oxygen atoms in total. The Morgan fingerprint density at radius 1 is 1.58 bits per heavy atom. The van der Waals surface area contributed by atoms with Gasteiger partial charge in [0, 0.05) is 26.7 Å². The molecule has 1 N–H and O–H groups in total. The van der Waals surface area contributed by atoms with E-state index < -0.39 is 0 Å².